The Kier molecular flexibility index (Phi) is 5.13. The van der Waals surface area contributed by atoms with Crippen LogP contribution in [0.2, 0.25) is 0 Å². The number of phenols is 1. The molecule has 0 atom stereocenters. The minimum atomic E-state index is -0.454. The lowest BCUT2D eigenvalue weighted by molar-refractivity contribution is 0.0952. The molecule has 2 rings (SSSR count). The molecule has 0 spiro atoms. The first-order valence-corrected chi connectivity index (χ1v) is 7.51. The van der Waals surface area contributed by atoms with Crippen LogP contribution in [0.5, 0.6) is 5.75 Å². The van der Waals surface area contributed by atoms with E-state index in [1.54, 1.807) is 12.1 Å². The highest BCUT2D eigenvalue weighted by atomic mass is 127. The number of hydrogen-bond acceptors (Lipinski definition) is 3. The van der Waals surface area contributed by atoms with Crippen LogP contribution in [0.3, 0.4) is 0 Å². The van der Waals surface area contributed by atoms with Gasteiger partial charge < -0.3 is 5.11 Å². The van der Waals surface area contributed by atoms with Crippen molar-refractivity contribution in [1.82, 2.24) is 5.43 Å². The van der Waals surface area contributed by atoms with E-state index in [1.807, 2.05) is 24.3 Å². The van der Waals surface area contributed by atoms with E-state index in [0.29, 0.717) is 0 Å². The van der Waals surface area contributed by atoms with E-state index in [2.05, 4.69) is 49.0 Å². The molecule has 0 aromatic heterocycles. The molecule has 2 aromatic carbocycles. The molecule has 2 N–H and O–H groups in total. The Labute approximate surface area is 138 Å². The molecule has 0 aliphatic rings. The molecular weight excluding hydrogens is 435 g/mol. The van der Waals surface area contributed by atoms with Crippen molar-refractivity contribution in [1.29, 1.82) is 0 Å². The zero-order chi connectivity index (χ0) is 14.5. The van der Waals surface area contributed by atoms with Crippen molar-refractivity contribution in [2.24, 2.45) is 5.10 Å². The fourth-order valence-electron chi connectivity index (χ4n) is 1.49. The summed E-state index contributed by atoms with van der Waals surface area (Å²) in [6, 6.07) is 12.3. The largest absolute Gasteiger partial charge is 0.507 e. The minimum absolute atomic E-state index is 0.0704. The topological polar surface area (TPSA) is 61.7 Å². The normalized spacial score (nSPS) is 10.7. The van der Waals surface area contributed by atoms with E-state index in [0.717, 1.165) is 13.6 Å². The van der Waals surface area contributed by atoms with Crippen molar-refractivity contribution < 1.29 is 9.90 Å². The third-order valence-corrected chi connectivity index (χ3v) is 3.87. The first-order valence-electron chi connectivity index (χ1n) is 5.64. The predicted octanol–water partition coefficient (Wildman–Crippen LogP) is 3.52. The summed E-state index contributed by atoms with van der Waals surface area (Å²) in [6.45, 7) is 0. The first-order chi connectivity index (χ1) is 9.58. The number of aromatic hydroxyl groups is 1. The summed E-state index contributed by atoms with van der Waals surface area (Å²) >= 11 is 5.46. The maximum atomic E-state index is 11.9. The van der Waals surface area contributed by atoms with Gasteiger partial charge in [0.25, 0.3) is 5.91 Å². The SMILES string of the molecule is O=C(N/N=C\c1ccccc1Br)c1cc(I)ccc1O. The van der Waals surface area contributed by atoms with Gasteiger partial charge in [0.1, 0.15) is 5.75 Å². The molecular formula is C14H10BrIN2O2. The third-order valence-electron chi connectivity index (χ3n) is 2.48. The van der Waals surface area contributed by atoms with Crippen LogP contribution in [-0.4, -0.2) is 17.2 Å². The number of halogens is 2. The molecule has 0 heterocycles. The number of nitrogens with one attached hydrogen (secondary N) is 1. The molecule has 102 valence electrons. The van der Waals surface area contributed by atoms with Gasteiger partial charge in [0.2, 0.25) is 0 Å². The summed E-state index contributed by atoms with van der Waals surface area (Å²) in [4.78, 5) is 11.9. The number of carbonyl (C=O) groups is 1. The van der Waals surface area contributed by atoms with E-state index in [-0.39, 0.29) is 11.3 Å². The Morgan fingerprint density at radius 3 is 2.80 bits per heavy atom. The number of benzene rings is 2. The summed E-state index contributed by atoms with van der Waals surface area (Å²) in [7, 11) is 0. The lowest BCUT2D eigenvalue weighted by atomic mass is 10.2. The maximum Gasteiger partial charge on any atom is 0.275 e. The van der Waals surface area contributed by atoms with Gasteiger partial charge in [-0.05, 0) is 46.9 Å². The lowest BCUT2D eigenvalue weighted by Crippen LogP contribution is -2.17. The van der Waals surface area contributed by atoms with E-state index in [1.165, 1.54) is 12.3 Å². The van der Waals surface area contributed by atoms with Crippen molar-refractivity contribution in [3.8, 4) is 5.75 Å². The van der Waals surface area contributed by atoms with Gasteiger partial charge in [-0.1, -0.05) is 34.1 Å². The van der Waals surface area contributed by atoms with Gasteiger partial charge in [-0.15, -0.1) is 0 Å². The summed E-state index contributed by atoms with van der Waals surface area (Å²) in [5.74, 6) is -0.525. The van der Waals surface area contributed by atoms with Crippen LogP contribution in [-0.2, 0) is 0 Å². The molecule has 0 aliphatic heterocycles. The molecule has 0 aliphatic carbocycles. The highest BCUT2D eigenvalue weighted by Gasteiger charge is 2.10. The van der Waals surface area contributed by atoms with Crippen LogP contribution in [0.15, 0.2) is 52.0 Å². The molecule has 0 saturated heterocycles. The van der Waals surface area contributed by atoms with Crippen LogP contribution < -0.4 is 5.43 Å². The first kappa shape index (κ1) is 15.0. The monoisotopic (exact) mass is 444 g/mol. The highest BCUT2D eigenvalue weighted by molar-refractivity contribution is 14.1. The predicted molar refractivity (Wildman–Crippen MR) is 90.0 cm³/mol. The number of rotatable bonds is 3. The second-order valence-corrected chi connectivity index (χ2v) is 5.98. The lowest BCUT2D eigenvalue weighted by Gasteiger charge is -2.03. The Morgan fingerprint density at radius 2 is 2.05 bits per heavy atom. The molecule has 0 fully saturated rings. The summed E-state index contributed by atoms with van der Waals surface area (Å²) in [6.07, 6.45) is 1.53. The third kappa shape index (κ3) is 3.80. The molecule has 2 aromatic rings. The number of phenolic OH excluding ortho intramolecular Hbond substituents is 1. The van der Waals surface area contributed by atoms with Gasteiger partial charge in [0.05, 0.1) is 11.8 Å². The fourth-order valence-corrected chi connectivity index (χ4v) is 2.37. The highest BCUT2D eigenvalue weighted by Crippen LogP contribution is 2.19. The van der Waals surface area contributed by atoms with Gasteiger partial charge in [-0.25, -0.2) is 5.43 Å². The number of nitrogens with zero attached hydrogens (tertiary/aromatic N) is 1. The zero-order valence-electron chi connectivity index (χ0n) is 10.2. The standard InChI is InChI=1S/C14H10BrIN2O2/c15-12-4-2-1-3-9(12)8-17-18-14(20)11-7-10(16)5-6-13(11)19/h1-8,19H,(H,18,20)/b17-8-. The van der Waals surface area contributed by atoms with E-state index < -0.39 is 5.91 Å². The maximum absolute atomic E-state index is 11.9. The van der Waals surface area contributed by atoms with Crippen molar-refractivity contribution in [3.63, 3.8) is 0 Å². The van der Waals surface area contributed by atoms with Crippen LogP contribution in [0, 0.1) is 3.57 Å². The number of hydrazone groups is 1. The molecule has 6 heteroatoms. The summed E-state index contributed by atoms with van der Waals surface area (Å²) < 4.78 is 1.75. The smallest absolute Gasteiger partial charge is 0.275 e. The second-order valence-electron chi connectivity index (χ2n) is 3.88. The Hall–Kier alpha value is -1.41. The fraction of sp³-hybridized carbons (Fsp3) is 0. The quantitative estimate of drug-likeness (QED) is 0.432. The molecule has 0 bridgehead atoms. The van der Waals surface area contributed by atoms with Crippen molar-refractivity contribution in [3.05, 3.63) is 61.6 Å². The summed E-state index contributed by atoms with van der Waals surface area (Å²) in [5, 5.41) is 13.5. The van der Waals surface area contributed by atoms with Gasteiger partial charge in [-0.3, -0.25) is 4.79 Å². The van der Waals surface area contributed by atoms with Crippen molar-refractivity contribution in [2.45, 2.75) is 0 Å². The minimum Gasteiger partial charge on any atom is -0.507 e. The molecule has 1 amide bonds. The van der Waals surface area contributed by atoms with Gasteiger partial charge in [-0.2, -0.15) is 5.10 Å². The van der Waals surface area contributed by atoms with E-state index in [4.69, 9.17) is 0 Å². The van der Waals surface area contributed by atoms with Crippen LogP contribution in [0.25, 0.3) is 0 Å². The zero-order valence-corrected chi connectivity index (χ0v) is 13.9. The molecule has 0 radical (unpaired) electrons. The number of hydrogen-bond donors (Lipinski definition) is 2. The van der Waals surface area contributed by atoms with E-state index in [9.17, 15) is 9.90 Å². The van der Waals surface area contributed by atoms with Crippen LogP contribution in [0.1, 0.15) is 15.9 Å². The number of amides is 1. The van der Waals surface area contributed by atoms with Gasteiger partial charge in [0, 0.05) is 13.6 Å². The molecule has 4 nitrogen and oxygen atoms in total. The van der Waals surface area contributed by atoms with E-state index >= 15 is 0 Å². The Morgan fingerprint density at radius 1 is 1.30 bits per heavy atom. The van der Waals surface area contributed by atoms with Crippen LogP contribution >= 0.6 is 38.5 Å². The molecule has 0 unspecified atom stereocenters. The van der Waals surface area contributed by atoms with Crippen molar-refractivity contribution >= 4 is 50.6 Å². The Balaban J connectivity index is 2.09. The molecule has 20 heavy (non-hydrogen) atoms. The van der Waals surface area contributed by atoms with Crippen molar-refractivity contribution in [2.75, 3.05) is 0 Å². The second kappa shape index (κ2) is 6.85. The number of carbonyl (C=O) groups excluding carboxylic acids is 1. The Bertz CT molecular complexity index is 674. The average Bonchev–Trinajstić information content (AvgIpc) is 2.43. The van der Waals surface area contributed by atoms with Gasteiger partial charge in [0.15, 0.2) is 0 Å². The molecule has 0 saturated carbocycles. The summed E-state index contributed by atoms with van der Waals surface area (Å²) in [5.41, 5.74) is 3.43. The van der Waals surface area contributed by atoms with Gasteiger partial charge >= 0.3 is 0 Å². The average molecular weight is 445 g/mol. The van der Waals surface area contributed by atoms with Crippen LogP contribution in [0.4, 0.5) is 0 Å².